The summed E-state index contributed by atoms with van der Waals surface area (Å²) in [6, 6.07) is 7.34. The predicted octanol–water partition coefficient (Wildman–Crippen LogP) is 0.944. The van der Waals surface area contributed by atoms with Crippen LogP contribution >= 0.6 is 0 Å². The lowest BCUT2D eigenvalue weighted by molar-refractivity contribution is -0.154. The average molecular weight is 274 g/mol. The largest absolute Gasteiger partial charge is 0.459 e. The van der Waals surface area contributed by atoms with Crippen molar-refractivity contribution in [2.24, 2.45) is 0 Å². The van der Waals surface area contributed by atoms with E-state index in [-0.39, 0.29) is 6.61 Å². The van der Waals surface area contributed by atoms with Crippen LogP contribution in [-0.4, -0.2) is 28.5 Å². The number of carbonyl (C=O) groups excluding carboxylic acids is 2. The topological polar surface area (TPSA) is 93.2 Å². The van der Waals surface area contributed by atoms with Crippen molar-refractivity contribution in [1.82, 2.24) is 15.4 Å². The number of para-hydroxylation sites is 1. The van der Waals surface area contributed by atoms with Crippen molar-refractivity contribution in [3.8, 4) is 0 Å². The molecule has 0 aliphatic heterocycles. The highest BCUT2D eigenvalue weighted by atomic mass is 16.5. The monoisotopic (exact) mass is 274 g/mol. The molecular weight excluding hydrogens is 260 g/mol. The van der Waals surface area contributed by atoms with Gasteiger partial charge < -0.3 is 4.74 Å². The molecule has 1 aromatic carbocycles. The number of fused-ring (bicyclic) bond motifs is 1. The molecule has 0 saturated heterocycles. The second-order valence-electron chi connectivity index (χ2n) is 3.94. The Morgan fingerprint density at radius 3 is 2.75 bits per heavy atom. The molecular formula is C13H14N4O3. The minimum atomic E-state index is -0.949. The highest BCUT2D eigenvalue weighted by Crippen LogP contribution is 2.18. The summed E-state index contributed by atoms with van der Waals surface area (Å²) in [5, 5.41) is 0.738. The predicted molar refractivity (Wildman–Crippen MR) is 72.7 cm³/mol. The molecule has 0 fully saturated rings. The summed E-state index contributed by atoms with van der Waals surface area (Å²) in [5.41, 5.74) is 5.61. The number of ether oxygens (including phenoxy) is 1. The number of aryl methyl sites for hydroxylation is 1. The molecule has 0 radical (unpaired) electrons. The van der Waals surface area contributed by atoms with Crippen LogP contribution in [0.2, 0.25) is 0 Å². The zero-order valence-electron chi connectivity index (χ0n) is 11.1. The first-order chi connectivity index (χ1) is 9.61. The van der Waals surface area contributed by atoms with Crippen molar-refractivity contribution in [3.05, 3.63) is 30.1 Å². The van der Waals surface area contributed by atoms with Crippen molar-refractivity contribution >= 4 is 28.6 Å². The molecule has 0 saturated carbocycles. The Labute approximate surface area is 115 Å². The van der Waals surface area contributed by atoms with Crippen LogP contribution in [0.15, 0.2) is 24.3 Å². The second kappa shape index (κ2) is 5.96. The number of anilines is 1. The van der Waals surface area contributed by atoms with Gasteiger partial charge in [0.25, 0.3) is 0 Å². The fraction of sp³-hybridized carbons (Fsp3) is 0.231. The van der Waals surface area contributed by atoms with Crippen molar-refractivity contribution in [3.63, 3.8) is 0 Å². The molecule has 104 valence electrons. The summed E-state index contributed by atoms with van der Waals surface area (Å²) in [7, 11) is 0. The molecule has 0 bridgehead atoms. The average Bonchev–Trinajstić information content (AvgIpc) is 2.44. The first kappa shape index (κ1) is 13.7. The standard InChI is InChI=1S/C13H14N4O3/c1-3-20-13(19)12(18)17-16-11-9-6-4-5-7-10(9)14-8(2)15-11/h4-7H,3H2,1-2H3,(H,17,18)(H,14,15,16). The Kier molecular flexibility index (Phi) is 4.09. The third kappa shape index (κ3) is 3.00. The van der Waals surface area contributed by atoms with Crippen molar-refractivity contribution in [2.45, 2.75) is 13.8 Å². The van der Waals surface area contributed by atoms with E-state index < -0.39 is 11.9 Å². The molecule has 2 N–H and O–H groups in total. The van der Waals surface area contributed by atoms with E-state index in [1.807, 2.05) is 24.3 Å². The van der Waals surface area contributed by atoms with Gasteiger partial charge in [0.2, 0.25) is 0 Å². The fourth-order valence-corrected chi connectivity index (χ4v) is 1.65. The Bertz CT molecular complexity index is 657. The lowest BCUT2D eigenvalue weighted by Gasteiger charge is -2.10. The number of hydrogen-bond acceptors (Lipinski definition) is 6. The van der Waals surface area contributed by atoms with Crippen LogP contribution in [0, 0.1) is 6.92 Å². The fourth-order valence-electron chi connectivity index (χ4n) is 1.65. The highest BCUT2D eigenvalue weighted by Gasteiger charge is 2.15. The molecule has 1 aromatic heterocycles. The summed E-state index contributed by atoms with van der Waals surface area (Å²) in [6.07, 6.45) is 0. The van der Waals surface area contributed by atoms with Crippen LogP contribution in [0.1, 0.15) is 12.7 Å². The van der Waals surface area contributed by atoms with Crippen LogP contribution in [0.4, 0.5) is 5.82 Å². The maximum absolute atomic E-state index is 11.4. The molecule has 0 unspecified atom stereocenters. The molecule has 20 heavy (non-hydrogen) atoms. The van der Waals surface area contributed by atoms with Gasteiger partial charge in [-0.2, -0.15) is 0 Å². The number of amides is 1. The molecule has 0 atom stereocenters. The van der Waals surface area contributed by atoms with Crippen LogP contribution in [0.5, 0.6) is 0 Å². The molecule has 0 spiro atoms. The molecule has 1 heterocycles. The smallest absolute Gasteiger partial charge is 0.398 e. The molecule has 7 heteroatoms. The van der Waals surface area contributed by atoms with E-state index in [1.165, 1.54) is 0 Å². The molecule has 2 rings (SSSR count). The summed E-state index contributed by atoms with van der Waals surface area (Å²) in [5.74, 6) is -0.857. The van der Waals surface area contributed by atoms with Gasteiger partial charge in [0, 0.05) is 5.39 Å². The minimum Gasteiger partial charge on any atom is -0.459 e. The van der Waals surface area contributed by atoms with Gasteiger partial charge in [-0.1, -0.05) is 12.1 Å². The summed E-state index contributed by atoms with van der Waals surface area (Å²) < 4.78 is 4.58. The lowest BCUT2D eigenvalue weighted by Crippen LogP contribution is -2.37. The van der Waals surface area contributed by atoms with Gasteiger partial charge in [-0.15, -0.1) is 0 Å². The van der Waals surface area contributed by atoms with Crippen LogP contribution in [0.3, 0.4) is 0 Å². The zero-order chi connectivity index (χ0) is 14.5. The quantitative estimate of drug-likeness (QED) is 0.491. The van der Waals surface area contributed by atoms with E-state index in [1.54, 1.807) is 13.8 Å². The Morgan fingerprint density at radius 1 is 1.25 bits per heavy atom. The van der Waals surface area contributed by atoms with E-state index in [4.69, 9.17) is 0 Å². The summed E-state index contributed by atoms with van der Waals surface area (Å²) in [6.45, 7) is 3.51. The summed E-state index contributed by atoms with van der Waals surface area (Å²) in [4.78, 5) is 31.1. The number of hydrogen-bond donors (Lipinski definition) is 2. The van der Waals surface area contributed by atoms with Gasteiger partial charge in [-0.3, -0.25) is 15.6 Å². The lowest BCUT2D eigenvalue weighted by atomic mass is 10.2. The highest BCUT2D eigenvalue weighted by molar-refractivity contribution is 6.32. The second-order valence-corrected chi connectivity index (χ2v) is 3.94. The molecule has 2 aromatic rings. The van der Waals surface area contributed by atoms with E-state index >= 15 is 0 Å². The number of aromatic nitrogens is 2. The van der Waals surface area contributed by atoms with Gasteiger partial charge in [0.15, 0.2) is 5.82 Å². The number of hydrazine groups is 1. The molecule has 1 amide bonds. The number of carbonyl (C=O) groups is 2. The first-order valence-corrected chi connectivity index (χ1v) is 6.08. The van der Waals surface area contributed by atoms with E-state index in [9.17, 15) is 9.59 Å². The van der Waals surface area contributed by atoms with Gasteiger partial charge in [0.05, 0.1) is 12.1 Å². The van der Waals surface area contributed by atoms with Gasteiger partial charge in [-0.05, 0) is 26.0 Å². The zero-order valence-corrected chi connectivity index (χ0v) is 11.1. The Morgan fingerprint density at radius 2 is 2.00 bits per heavy atom. The Hall–Kier alpha value is -2.70. The maximum Gasteiger partial charge on any atom is 0.398 e. The van der Waals surface area contributed by atoms with Crippen LogP contribution < -0.4 is 10.9 Å². The van der Waals surface area contributed by atoms with E-state index in [0.717, 1.165) is 10.9 Å². The SMILES string of the molecule is CCOC(=O)C(=O)NNc1nc(C)nc2ccccc12. The van der Waals surface area contributed by atoms with Gasteiger partial charge in [0.1, 0.15) is 5.82 Å². The van der Waals surface area contributed by atoms with Crippen molar-refractivity contribution < 1.29 is 14.3 Å². The normalized spacial score (nSPS) is 10.1. The Balaban J connectivity index is 2.17. The first-order valence-electron chi connectivity index (χ1n) is 6.08. The van der Waals surface area contributed by atoms with Gasteiger partial charge >= 0.3 is 11.9 Å². The number of nitrogens with zero attached hydrogens (tertiary/aromatic N) is 2. The van der Waals surface area contributed by atoms with Crippen LogP contribution in [0.25, 0.3) is 10.9 Å². The maximum atomic E-state index is 11.4. The minimum absolute atomic E-state index is 0.141. The number of rotatable bonds is 3. The van der Waals surface area contributed by atoms with E-state index in [2.05, 4.69) is 25.6 Å². The number of esters is 1. The van der Waals surface area contributed by atoms with Crippen molar-refractivity contribution in [2.75, 3.05) is 12.0 Å². The molecule has 0 aliphatic carbocycles. The molecule has 0 aliphatic rings. The number of benzene rings is 1. The van der Waals surface area contributed by atoms with Crippen LogP contribution in [-0.2, 0) is 14.3 Å². The summed E-state index contributed by atoms with van der Waals surface area (Å²) >= 11 is 0. The molecule has 7 nitrogen and oxygen atoms in total. The third-order valence-corrected chi connectivity index (χ3v) is 2.47. The van der Waals surface area contributed by atoms with E-state index in [0.29, 0.717) is 11.6 Å². The van der Waals surface area contributed by atoms with Crippen molar-refractivity contribution in [1.29, 1.82) is 0 Å². The van der Waals surface area contributed by atoms with Gasteiger partial charge in [-0.25, -0.2) is 14.8 Å². The third-order valence-electron chi connectivity index (χ3n) is 2.47. The number of nitrogens with one attached hydrogen (secondary N) is 2.